The van der Waals surface area contributed by atoms with Gasteiger partial charge in [0.2, 0.25) is 0 Å². The fourth-order valence-electron chi connectivity index (χ4n) is 0.0763. The van der Waals surface area contributed by atoms with Crippen molar-refractivity contribution >= 4 is 41.3 Å². The molecule has 0 aliphatic rings. The molecule has 0 bridgehead atoms. The summed E-state index contributed by atoms with van der Waals surface area (Å²) in [5.41, 5.74) is 0. The molecule has 0 aromatic heterocycles. The molecule has 0 radical (unpaired) electrons. The lowest BCUT2D eigenvalue weighted by Gasteiger charge is -2.06. The van der Waals surface area contributed by atoms with Gasteiger partial charge in [0.25, 0.3) is 0 Å². The van der Waals surface area contributed by atoms with Crippen molar-refractivity contribution in [1.29, 1.82) is 0 Å². The van der Waals surface area contributed by atoms with E-state index in [1.54, 1.807) is 7.05 Å². The summed E-state index contributed by atoms with van der Waals surface area (Å²) < 4.78 is 2.06. The fraction of sp³-hybridized carbons (Fsp3) is 0.500. The second-order valence-electron chi connectivity index (χ2n) is 0.907. The molecule has 0 saturated carbocycles. The third kappa shape index (κ3) is 3.16. The van der Waals surface area contributed by atoms with Crippen LogP contribution in [0.25, 0.3) is 0 Å². The molecule has 5 heteroatoms. The van der Waals surface area contributed by atoms with E-state index in [0.29, 0.717) is 4.32 Å². The monoisotopic (exact) mass is 154 g/mol. The third-order valence-electron chi connectivity index (χ3n) is 0.365. The minimum atomic E-state index is 0.573. The largest absolute Gasteiger partial charge is 0.306 e. The lowest BCUT2D eigenvalue weighted by Crippen LogP contribution is -2.11. The van der Waals surface area contributed by atoms with Crippen LogP contribution in [0.15, 0.2) is 0 Å². The van der Waals surface area contributed by atoms with Crippen molar-refractivity contribution in [2.45, 2.75) is 0 Å². The Labute approximate surface area is 58.1 Å². The van der Waals surface area contributed by atoms with Crippen LogP contribution in [0, 0.1) is 0 Å². The number of thiol groups is 1. The van der Waals surface area contributed by atoms with Gasteiger partial charge in [0, 0.05) is 7.05 Å². The predicted molar refractivity (Wildman–Crippen MR) is 41.1 cm³/mol. The molecule has 0 aliphatic heterocycles. The van der Waals surface area contributed by atoms with E-state index in [1.807, 2.05) is 0 Å². The zero-order chi connectivity index (χ0) is 5.86. The van der Waals surface area contributed by atoms with Crippen molar-refractivity contribution in [1.82, 2.24) is 4.31 Å². The summed E-state index contributed by atoms with van der Waals surface area (Å²) in [4.78, 5) is 0. The maximum absolute atomic E-state index is 5.06. The van der Waals surface area contributed by atoms with Gasteiger partial charge < -0.3 is 4.31 Å². The lowest BCUT2D eigenvalue weighted by atomic mass is 11.2. The first-order chi connectivity index (χ1) is 3.18. The molecule has 0 aromatic carbocycles. The summed E-state index contributed by atoms with van der Waals surface area (Å²) in [6.45, 7) is 0. The molecule has 0 rings (SSSR count). The molecular weight excluding hydrogens is 148 g/mol. The molecule has 0 atom stereocenters. The highest BCUT2D eigenvalue weighted by atomic mass is 32.2. The summed E-state index contributed by atoms with van der Waals surface area (Å²) in [5, 5.41) is 5.06. The third-order valence-corrected chi connectivity index (χ3v) is 1.87. The van der Waals surface area contributed by atoms with E-state index in [1.165, 1.54) is 4.31 Å². The second kappa shape index (κ2) is 3.54. The van der Waals surface area contributed by atoms with Gasteiger partial charge in [0.1, 0.15) is 0 Å². The van der Waals surface area contributed by atoms with Gasteiger partial charge in [-0.15, -0.1) is 0 Å². The first kappa shape index (κ1) is 7.55. The fourth-order valence-corrected chi connectivity index (χ4v) is 0.370. The average Bonchev–Trinajstić information content (AvgIpc) is 1.65. The van der Waals surface area contributed by atoms with Crippen LogP contribution in [0.4, 0.5) is 0 Å². The molecule has 0 saturated heterocycles. The average molecular weight is 154 g/mol. The number of nitrogens with zero attached hydrogens (tertiary/aromatic N) is 1. The van der Waals surface area contributed by atoms with E-state index >= 15 is 0 Å². The standard InChI is InChI=1S/C2H6N2S3/c1-4(6)2(5)7-3/h6H,3H2,1H3. The second-order valence-corrected chi connectivity index (χ2v) is 2.77. The zero-order valence-electron chi connectivity index (χ0n) is 3.79. The Morgan fingerprint density at radius 2 is 2.43 bits per heavy atom. The predicted octanol–water partition coefficient (Wildman–Crippen LogP) is 0.655. The molecule has 0 fully saturated rings. The summed E-state index contributed by atoms with van der Waals surface area (Å²) in [6.07, 6.45) is 0. The Bertz CT molecular complexity index is 71.3. The van der Waals surface area contributed by atoms with Crippen LogP contribution in [0.1, 0.15) is 0 Å². The molecule has 0 aromatic rings. The van der Waals surface area contributed by atoms with Gasteiger partial charge in [-0.25, -0.2) is 0 Å². The molecule has 2 nitrogen and oxygen atoms in total. The number of thiocarbonyl (C=S) groups is 1. The number of rotatable bonds is 0. The minimum absolute atomic E-state index is 0.573. The molecule has 0 unspecified atom stereocenters. The molecule has 7 heavy (non-hydrogen) atoms. The first-order valence-corrected chi connectivity index (χ1v) is 3.20. The van der Waals surface area contributed by atoms with Crippen LogP contribution in [-0.4, -0.2) is 15.7 Å². The highest BCUT2D eigenvalue weighted by Gasteiger charge is 1.92. The maximum Gasteiger partial charge on any atom is 0.160 e. The summed E-state index contributed by atoms with van der Waals surface area (Å²) in [7, 11) is 1.73. The van der Waals surface area contributed by atoms with Gasteiger partial charge in [0.05, 0.1) is 0 Å². The normalized spacial score (nSPS) is 8.43. The molecular formula is C2H6N2S3. The quantitative estimate of drug-likeness (QED) is 0.305. The van der Waals surface area contributed by atoms with Crippen LogP contribution in [-0.2, 0) is 0 Å². The molecule has 0 amide bonds. The Kier molecular flexibility index (Phi) is 3.82. The van der Waals surface area contributed by atoms with Gasteiger partial charge in [-0.05, 0) is 11.9 Å². The van der Waals surface area contributed by atoms with Gasteiger partial charge in [-0.3, -0.25) is 5.14 Å². The SMILES string of the molecule is CN(S)C(=S)SN. The van der Waals surface area contributed by atoms with Crippen LogP contribution < -0.4 is 5.14 Å². The molecule has 0 aliphatic carbocycles. The van der Waals surface area contributed by atoms with Crippen molar-refractivity contribution in [3.05, 3.63) is 0 Å². The van der Waals surface area contributed by atoms with E-state index in [9.17, 15) is 0 Å². The van der Waals surface area contributed by atoms with Gasteiger partial charge >= 0.3 is 0 Å². The maximum atomic E-state index is 5.06. The van der Waals surface area contributed by atoms with Gasteiger partial charge in [-0.1, -0.05) is 25.0 Å². The summed E-state index contributed by atoms with van der Waals surface area (Å²) >= 11 is 9.54. The van der Waals surface area contributed by atoms with Crippen LogP contribution in [0.2, 0.25) is 0 Å². The van der Waals surface area contributed by atoms with Crippen LogP contribution in [0.5, 0.6) is 0 Å². The van der Waals surface area contributed by atoms with Crippen molar-refractivity contribution in [3.63, 3.8) is 0 Å². The van der Waals surface area contributed by atoms with E-state index < -0.39 is 0 Å². The molecule has 0 heterocycles. The van der Waals surface area contributed by atoms with E-state index in [4.69, 9.17) is 5.14 Å². The van der Waals surface area contributed by atoms with E-state index in [0.717, 1.165) is 11.9 Å². The summed E-state index contributed by atoms with van der Waals surface area (Å²) in [6, 6.07) is 0. The zero-order valence-corrected chi connectivity index (χ0v) is 6.32. The van der Waals surface area contributed by atoms with Crippen molar-refractivity contribution in [3.8, 4) is 0 Å². The van der Waals surface area contributed by atoms with Crippen LogP contribution >= 0.6 is 37.0 Å². The van der Waals surface area contributed by atoms with Crippen molar-refractivity contribution < 1.29 is 0 Å². The van der Waals surface area contributed by atoms with E-state index in [-0.39, 0.29) is 0 Å². The van der Waals surface area contributed by atoms with Crippen LogP contribution in [0.3, 0.4) is 0 Å². The Morgan fingerprint density at radius 1 is 2.00 bits per heavy atom. The highest BCUT2D eigenvalue weighted by molar-refractivity contribution is 8.22. The van der Waals surface area contributed by atoms with Crippen molar-refractivity contribution in [2.75, 3.05) is 7.05 Å². The molecule has 42 valence electrons. The first-order valence-electron chi connectivity index (χ1n) is 1.51. The molecule has 0 spiro atoms. The van der Waals surface area contributed by atoms with Gasteiger partial charge in [0.15, 0.2) is 4.32 Å². The summed E-state index contributed by atoms with van der Waals surface area (Å²) in [5.74, 6) is 0. The minimum Gasteiger partial charge on any atom is -0.306 e. The van der Waals surface area contributed by atoms with Crippen molar-refractivity contribution in [2.24, 2.45) is 5.14 Å². The smallest absolute Gasteiger partial charge is 0.160 e. The number of hydrogen-bond acceptors (Lipinski definition) is 4. The Morgan fingerprint density at radius 3 is 2.43 bits per heavy atom. The molecule has 2 N–H and O–H groups in total. The lowest BCUT2D eigenvalue weighted by molar-refractivity contribution is 0.894. The topological polar surface area (TPSA) is 29.3 Å². The Balaban J connectivity index is 3.35. The van der Waals surface area contributed by atoms with Gasteiger partial charge in [-0.2, -0.15) is 0 Å². The number of hydrogen-bond donors (Lipinski definition) is 2. The van der Waals surface area contributed by atoms with E-state index in [2.05, 4.69) is 25.0 Å². The Hall–Kier alpha value is 0.550. The number of nitrogens with two attached hydrogens (primary N) is 1. The highest BCUT2D eigenvalue weighted by Crippen LogP contribution is 1.99.